The fourth-order valence-corrected chi connectivity index (χ4v) is 1.83. The Kier molecular flexibility index (Phi) is 2.69. The number of rotatable bonds is 1. The van der Waals surface area contributed by atoms with Gasteiger partial charge in [-0.15, -0.1) is 0 Å². The average molecular weight is 144 g/mol. The maximum Gasteiger partial charge on any atom is 0.0838 e. The van der Waals surface area contributed by atoms with Crippen molar-refractivity contribution in [2.45, 2.75) is 38.2 Å². The molecule has 0 radical (unpaired) electrons. The van der Waals surface area contributed by atoms with Crippen molar-refractivity contribution in [1.82, 2.24) is 0 Å². The summed E-state index contributed by atoms with van der Waals surface area (Å²) >= 11 is 0. The van der Waals surface area contributed by atoms with Crippen LogP contribution in [0.4, 0.5) is 0 Å². The molecule has 0 aromatic heterocycles. The van der Waals surface area contributed by atoms with Crippen molar-refractivity contribution in [1.29, 1.82) is 0 Å². The van der Waals surface area contributed by atoms with Crippen LogP contribution in [0.2, 0.25) is 0 Å². The molecule has 0 aromatic rings. The van der Waals surface area contributed by atoms with Crippen LogP contribution in [-0.4, -0.2) is 18.2 Å². The van der Waals surface area contributed by atoms with Crippen molar-refractivity contribution >= 4 is 0 Å². The number of hydrogen-bond donors (Lipinski definition) is 0. The average Bonchev–Trinajstić information content (AvgIpc) is 2.71. The quantitative estimate of drug-likeness (QED) is 0.509. The minimum absolute atomic E-state index is 0. The molecule has 10 heavy (non-hydrogen) atoms. The zero-order chi connectivity index (χ0) is 6.10. The SMILES string of the molecule is C1CCC(C2CO2)CC1.O. The second-order valence-corrected chi connectivity index (χ2v) is 3.27. The van der Waals surface area contributed by atoms with E-state index in [2.05, 4.69) is 0 Å². The maximum absolute atomic E-state index is 5.25. The standard InChI is InChI=1S/C8H14O.H2O/c1-2-4-7(5-3-1)8-6-9-8;/h7-8H,1-6H2;1H2. The first-order valence-corrected chi connectivity index (χ1v) is 4.08. The third-order valence-corrected chi connectivity index (χ3v) is 2.53. The summed E-state index contributed by atoms with van der Waals surface area (Å²) in [6.07, 6.45) is 7.92. The van der Waals surface area contributed by atoms with Crippen LogP contribution in [0.3, 0.4) is 0 Å². The van der Waals surface area contributed by atoms with Crippen molar-refractivity contribution in [3.63, 3.8) is 0 Å². The van der Waals surface area contributed by atoms with Crippen LogP contribution < -0.4 is 0 Å². The van der Waals surface area contributed by atoms with Gasteiger partial charge in [0.2, 0.25) is 0 Å². The van der Waals surface area contributed by atoms with Crippen LogP contribution in [0.5, 0.6) is 0 Å². The van der Waals surface area contributed by atoms with Gasteiger partial charge in [-0.05, 0) is 18.8 Å². The fraction of sp³-hybridized carbons (Fsp3) is 1.00. The molecule has 2 nitrogen and oxygen atoms in total. The molecule has 1 saturated heterocycles. The molecule has 2 rings (SSSR count). The van der Waals surface area contributed by atoms with E-state index in [0.29, 0.717) is 6.10 Å². The summed E-state index contributed by atoms with van der Waals surface area (Å²) in [5.41, 5.74) is 0. The molecule has 0 spiro atoms. The number of ether oxygens (including phenoxy) is 1. The highest BCUT2D eigenvalue weighted by atomic mass is 16.6. The van der Waals surface area contributed by atoms with Crippen molar-refractivity contribution < 1.29 is 10.2 Å². The Bertz CT molecular complexity index is 93.4. The molecule has 1 heterocycles. The monoisotopic (exact) mass is 144 g/mol. The Hall–Kier alpha value is -0.0800. The molecule has 0 bridgehead atoms. The lowest BCUT2D eigenvalue weighted by Gasteiger charge is -2.18. The molecule has 1 saturated carbocycles. The molecule has 2 N–H and O–H groups in total. The van der Waals surface area contributed by atoms with Gasteiger partial charge in [0.15, 0.2) is 0 Å². The second kappa shape index (κ2) is 3.35. The third kappa shape index (κ3) is 1.70. The number of hydrogen-bond acceptors (Lipinski definition) is 1. The normalized spacial score (nSPS) is 33.0. The van der Waals surface area contributed by atoms with Crippen LogP contribution in [0.1, 0.15) is 32.1 Å². The Morgan fingerprint density at radius 2 is 1.60 bits per heavy atom. The van der Waals surface area contributed by atoms with Crippen LogP contribution in [0.25, 0.3) is 0 Å². The second-order valence-electron chi connectivity index (χ2n) is 3.27. The zero-order valence-electron chi connectivity index (χ0n) is 6.31. The molecule has 1 aliphatic carbocycles. The fourth-order valence-electron chi connectivity index (χ4n) is 1.83. The Balaban J connectivity index is 0.000000500. The minimum atomic E-state index is 0. The number of epoxide rings is 1. The molecule has 1 unspecified atom stereocenters. The van der Waals surface area contributed by atoms with Gasteiger partial charge in [-0.25, -0.2) is 0 Å². The molecular weight excluding hydrogens is 128 g/mol. The lowest BCUT2D eigenvalue weighted by molar-refractivity contribution is 0.266. The molecule has 2 aliphatic rings. The molecule has 1 atom stereocenters. The maximum atomic E-state index is 5.25. The summed E-state index contributed by atoms with van der Waals surface area (Å²) in [6, 6.07) is 0. The summed E-state index contributed by atoms with van der Waals surface area (Å²) in [5, 5.41) is 0. The first kappa shape index (κ1) is 8.02. The highest BCUT2D eigenvalue weighted by molar-refractivity contribution is 4.81. The summed E-state index contributed by atoms with van der Waals surface area (Å²) in [7, 11) is 0. The van der Waals surface area contributed by atoms with E-state index < -0.39 is 0 Å². The van der Waals surface area contributed by atoms with Gasteiger partial charge in [0, 0.05) is 0 Å². The highest BCUT2D eigenvalue weighted by Crippen LogP contribution is 2.32. The predicted molar refractivity (Wildman–Crippen MR) is 39.9 cm³/mol. The van der Waals surface area contributed by atoms with E-state index in [9.17, 15) is 0 Å². The molecule has 1 aliphatic heterocycles. The van der Waals surface area contributed by atoms with E-state index in [-0.39, 0.29) is 5.48 Å². The van der Waals surface area contributed by atoms with Gasteiger partial charge in [-0.3, -0.25) is 0 Å². The van der Waals surface area contributed by atoms with Crippen LogP contribution in [0.15, 0.2) is 0 Å². The van der Waals surface area contributed by atoms with Crippen molar-refractivity contribution in [2.75, 3.05) is 6.61 Å². The predicted octanol–water partition coefficient (Wildman–Crippen LogP) is 1.14. The molecule has 2 fully saturated rings. The van der Waals surface area contributed by atoms with Gasteiger partial charge in [-0.2, -0.15) is 0 Å². The summed E-state index contributed by atoms with van der Waals surface area (Å²) in [6.45, 7) is 1.06. The largest absolute Gasteiger partial charge is 0.412 e. The van der Waals surface area contributed by atoms with Gasteiger partial charge < -0.3 is 10.2 Å². The van der Waals surface area contributed by atoms with E-state index in [1.807, 2.05) is 0 Å². The zero-order valence-corrected chi connectivity index (χ0v) is 6.31. The highest BCUT2D eigenvalue weighted by Gasteiger charge is 2.32. The van der Waals surface area contributed by atoms with Crippen molar-refractivity contribution in [3.05, 3.63) is 0 Å². The first-order chi connectivity index (χ1) is 4.47. The van der Waals surface area contributed by atoms with Gasteiger partial charge in [0.25, 0.3) is 0 Å². The minimum Gasteiger partial charge on any atom is -0.412 e. The Labute approximate surface area is 61.9 Å². The van der Waals surface area contributed by atoms with E-state index in [4.69, 9.17) is 4.74 Å². The summed E-state index contributed by atoms with van der Waals surface area (Å²) in [4.78, 5) is 0. The molecule has 2 heteroatoms. The Morgan fingerprint density at radius 3 is 2.10 bits per heavy atom. The Morgan fingerprint density at radius 1 is 1.00 bits per heavy atom. The van der Waals surface area contributed by atoms with E-state index in [0.717, 1.165) is 12.5 Å². The van der Waals surface area contributed by atoms with Gasteiger partial charge in [-0.1, -0.05) is 19.3 Å². The lowest BCUT2D eigenvalue weighted by Crippen LogP contribution is -2.11. The topological polar surface area (TPSA) is 44.0 Å². The first-order valence-electron chi connectivity index (χ1n) is 4.08. The molecular formula is C8H16O2. The molecule has 0 amide bonds. The van der Waals surface area contributed by atoms with Crippen molar-refractivity contribution in [2.24, 2.45) is 5.92 Å². The molecule has 60 valence electrons. The van der Waals surface area contributed by atoms with E-state index in [1.54, 1.807) is 0 Å². The molecule has 0 aromatic carbocycles. The van der Waals surface area contributed by atoms with Crippen LogP contribution in [-0.2, 0) is 4.74 Å². The van der Waals surface area contributed by atoms with Gasteiger partial charge in [0.1, 0.15) is 0 Å². The summed E-state index contributed by atoms with van der Waals surface area (Å²) in [5.74, 6) is 0.943. The van der Waals surface area contributed by atoms with Gasteiger partial charge in [0.05, 0.1) is 12.7 Å². The third-order valence-electron chi connectivity index (χ3n) is 2.53. The van der Waals surface area contributed by atoms with E-state index >= 15 is 0 Å². The van der Waals surface area contributed by atoms with Gasteiger partial charge >= 0.3 is 0 Å². The van der Waals surface area contributed by atoms with Crippen LogP contribution in [0, 0.1) is 5.92 Å². The lowest BCUT2D eigenvalue weighted by atomic mass is 9.87. The smallest absolute Gasteiger partial charge is 0.0838 e. The van der Waals surface area contributed by atoms with Crippen molar-refractivity contribution in [3.8, 4) is 0 Å². The van der Waals surface area contributed by atoms with E-state index in [1.165, 1.54) is 32.1 Å². The van der Waals surface area contributed by atoms with Crippen LogP contribution >= 0.6 is 0 Å². The summed E-state index contributed by atoms with van der Waals surface area (Å²) < 4.78 is 5.25.